The first-order chi connectivity index (χ1) is 17.9. The van der Waals surface area contributed by atoms with Gasteiger partial charge >= 0.3 is 5.97 Å². The average molecular weight is 552 g/mol. The summed E-state index contributed by atoms with van der Waals surface area (Å²) in [6, 6.07) is 27.3. The van der Waals surface area contributed by atoms with Gasteiger partial charge in [-0.05, 0) is 62.4 Å². The summed E-state index contributed by atoms with van der Waals surface area (Å²) in [5, 5.41) is 4.99. The number of aromatic nitrogens is 2. The lowest BCUT2D eigenvalue weighted by Gasteiger charge is -2.11. The molecule has 0 bridgehead atoms. The van der Waals surface area contributed by atoms with Crippen molar-refractivity contribution >= 4 is 39.0 Å². The number of carbonyl (C=O) groups excluding carboxylic acids is 1. The van der Waals surface area contributed by atoms with Crippen molar-refractivity contribution in [2.45, 2.75) is 13.8 Å². The first-order valence-corrected chi connectivity index (χ1v) is 12.4. The topological polar surface area (TPSA) is 73.5 Å². The lowest BCUT2D eigenvalue weighted by Crippen LogP contribution is -2.20. The Morgan fingerprint density at radius 3 is 2.46 bits per heavy atom. The predicted octanol–water partition coefficient (Wildman–Crippen LogP) is 6.54. The summed E-state index contributed by atoms with van der Waals surface area (Å²) in [6.07, 6.45) is 1.50. The van der Waals surface area contributed by atoms with Gasteiger partial charge in [-0.15, -0.1) is 0 Å². The number of para-hydroxylation sites is 1. The Morgan fingerprint density at radius 2 is 1.68 bits per heavy atom. The summed E-state index contributed by atoms with van der Waals surface area (Å²) in [4.78, 5) is 31.0. The summed E-state index contributed by atoms with van der Waals surface area (Å²) < 4.78 is 7.76. The Hall–Kier alpha value is -4.36. The van der Waals surface area contributed by atoms with Crippen molar-refractivity contribution in [2.75, 3.05) is 0 Å². The average Bonchev–Trinajstić information content (AvgIpc) is 2.89. The van der Waals surface area contributed by atoms with Gasteiger partial charge in [0.2, 0.25) is 0 Å². The zero-order chi connectivity index (χ0) is 25.9. The molecule has 0 spiro atoms. The third kappa shape index (κ3) is 5.27. The molecule has 5 aromatic rings. The fourth-order valence-corrected chi connectivity index (χ4v) is 4.34. The molecule has 0 saturated carbocycles. The molecule has 5 rings (SSSR count). The van der Waals surface area contributed by atoms with Gasteiger partial charge in [-0.25, -0.2) is 9.78 Å². The van der Waals surface area contributed by atoms with Crippen LogP contribution in [0.3, 0.4) is 0 Å². The van der Waals surface area contributed by atoms with Crippen LogP contribution in [0, 0.1) is 13.8 Å². The summed E-state index contributed by atoms with van der Waals surface area (Å²) in [6.45, 7) is 3.89. The van der Waals surface area contributed by atoms with Gasteiger partial charge in [-0.3, -0.25) is 4.79 Å². The molecule has 182 valence electrons. The van der Waals surface area contributed by atoms with E-state index in [-0.39, 0.29) is 5.56 Å². The van der Waals surface area contributed by atoms with Crippen LogP contribution < -0.4 is 10.3 Å². The van der Waals surface area contributed by atoms with E-state index in [2.05, 4.69) is 21.0 Å². The van der Waals surface area contributed by atoms with Crippen LogP contribution in [-0.4, -0.2) is 21.8 Å². The van der Waals surface area contributed by atoms with Gasteiger partial charge < -0.3 is 4.74 Å². The smallest absolute Gasteiger partial charge is 0.343 e. The molecule has 0 atom stereocenters. The number of hydrogen-bond acceptors (Lipinski definition) is 5. The minimum Gasteiger partial charge on any atom is -0.422 e. The molecule has 7 heteroatoms. The van der Waals surface area contributed by atoms with E-state index in [1.54, 1.807) is 48.5 Å². The molecule has 0 aliphatic rings. The van der Waals surface area contributed by atoms with Crippen LogP contribution in [0.4, 0.5) is 0 Å². The maximum Gasteiger partial charge on any atom is 0.343 e. The molecule has 0 fully saturated rings. The Bertz CT molecular complexity index is 1740. The fourth-order valence-electron chi connectivity index (χ4n) is 3.97. The molecule has 37 heavy (non-hydrogen) atoms. The van der Waals surface area contributed by atoms with Crippen molar-refractivity contribution in [1.82, 2.24) is 9.66 Å². The van der Waals surface area contributed by atoms with Crippen molar-refractivity contribution in [1.29, 1.82) is 0 Å². The van der Waals surface area contributed by atoms with Crippen LogP contribution in [0.25, 0.3) is 22.3 Å². The second-order valence-electron chi connectivity index (χ2n) is 8.62. The molecular weight excluding hydrogens is 530 g/mol. The number of esters is 1. The monoisotopic (exact) mass is 551 g/mol. The highest BCUT2D eigenvalue weighted by Gasteiger charge is 2.14. The van der Waals surface area contributed by atoms with Crippen molar-refractivity contribution in [3.8, 4) is 17.1 Å². The van der Waals surface area contributed by atoms with Crippen LogP contribution in [0.15, 0.2) is 105 Å². The lowest BCUT2D eigenvalue weighted by molar-refractivity contribution is 0.0734. The number of aryl methyl sites for hydroxylation is 2. The molecule has 1 heterocycles. The highest BCUT2D eigenvalue weighted by Crippen LogP contribution is 2.24. The highest BCUT2D eigenvalue weighted by atomic mass is 79.9. The zero-order valence-corrected chi connectivity index (χ0v) is 21.8. The highest BCUT2D eigenvalue weighted by molar-refractivity contribution is 9.10. The largest absolute Gasteiger partial charge is 0.422 e. The van der Waals surface area contributed by atoms with Crippen LogP contribution in [0.2, 0.25) is 0 Å². The van der Waals surface area contributed by atoms with Gasteiger partial charge in [0, 0.05) is 15.6 Å². The van der Waals surface area contributed by atoms with E-state index < -0.39 is 5.97 Å². The zero-order valence-electron chi connectivity index (χ0n) is 20.2. The van der Waals surface area contributed by atoms with Crippen LogP contribution in [-0.2, 0) is 0 Å². The van der Waals surface area contributed by atoms with Crippen molar-refractivity contribution in [3.05, 3.63) is 128 Å². The van der Waals surface area contributed by atoms with Crippen molar-refractivity contribution < 1.29 is 9.53 Å². The third-order valence-corrected chi connectivity index (χ3v) is 6.26. The van der Waals surface area contributed by atoms with Gasteiger partial charge in [-0.2, -0.15) is 9.78 Å². The first kappa shape index (κ1) is 24.3. The Morgan fingerprint density at radius 1 is 0.919 bits per heavy atom. The molecule has 0 aliphatic heterocycles. The standard InChI is InChI=1S/C30H22BrN3O3/c1-19-7-5-9-21(15-19)28-33-26-12-4-3-11-25(26)29(35)34(28)32-18-23-17-24(31)13-14-27(23)37-30(36)22-10-6-8-20(2)16-22/h3-18H,1-2H3. The molecule has 0 unspecified atom stereocenters. The summed E-state index contributed by atoms with van der Waals surface area (Å²) in [5.41, 5.74) is 4.01. The third-order valence-electron chi connectivity index (χ3n) is 5.77. The number of rotatable bonds is 5. The van der Waals surface area contributed by atoms with Gasteiger partial charge in [-0.1, -0.05) is 69.5 Å². The maximum atomic E-state index is 13.5. The van der Waals surface area contributed by atoms with E-state index in [0.29, 0.717) is 33.6 Å². The Kier molecular flexibility index (Phi) is 6.79. The van der Waals surface area contributed by atoms with E-state index in [9.17, 15) is 9.59 Å². The fraction of sp³-hybridized carbons (Fsp3) is 0.0667. The lowest BCUT2D eigenvalue weighted by atomic mass is 10.1. The molecule has 6 nitrogen and oxygen atoms in total. The van der Waals surface area contributed by atoms with E-state index in [1.165, 1.54) is 10.9 Å². The minimum atomic E-state index is -0.481. The normalized spacial score (nSPS) is 11.2. The Labute approximate surface area is 222 Å². The summed E-state index contributed by atoms with van der Waals surface area (Å²) in [7, 11) is 0. The van der Waals surface area contributed by atoms with Crippen LogP contribution in [0.5, 0.6) is 5.75 Å². The summed E-state index contributed by atoms with van der Waals surface area (Å²) in [5.74, 6) is 0.250. The van der Waals surface area contributed by atoms with E-state index in [0.717, 1.165) is 21.2 Å². The Balaban J connectivity index is 1.60. The second kappa shape index (κ2) is 10.3. The van der Waals surface area contributed by atoms with Gasteiger partial charge in [0.05, 0.1) is 22.7 Å². The molecule has 0 radical (unpaired) electrons. The van der Waals surface area contributed by atoms with E-state index >= 15 is 0 Å². The molecule has 4 aromatic carbocycles. The number of fused-ring (bicyclic) bond motifs is 1. The maximum absolute atomic E-state index is 13.5. The van der Waals surface area contributed by atoms with Crippen molar-refractivity contribution in [2.24, 2.45) is 5.10 Å². The molecule has 0 saturated heterocycles. The van der Waals surface area contributed by atoms with Crippen LogP contribution >= 0.6 is 15.9 Å². The molecular formula is C30H22BrN3O3. The molecule has 0 aliphatic carbocycles. The number of nitrogens with zero attached hydrogens (tertiary/aromatic N) is 3. The van der Waals surface area contributed by atoms with E-state index in [1.807, 2.05) is 56.3 Å². The van der Waals surface area contributed by atoms with Gasteiger partial charge in [0.15, 0.2) is 5.82 Å². The van der Waals surface area contributed by atoms with E-state index in [4.69, 9.17) is 9.72 Å². The number of halogens is 1. The molecule has 1 aromatic heterocycles. The predicted molar refractivity (Wildman–Crippen MR) is 149 cm³/mol. The number of benzene rings is 4. The minimum absolute atomic E-state index is 0.299. The van der Waals surface area contributed by atoms with Crippen molar-refractivity contribution in [3.63, 3.8) is 0 Å². The number of carbonyl (C=O) groups is 1. The SMILES string of the molecule is Cc1cccc(C(=O)Oc2ccc(Br)cc2C=Nn2c(-c3cccc(C)c3)nc3ccccc3c2=O)c1. The second-order valence-corrected chi connectivity index (χ2v) is 9.54. The quantitative estimate of drug-likeness (QED) is 0.141. The molecule has 0 amide bonds. The number of ether oxygens (including phenoxy) is 1. The van der Waals surface area contributed by atoms with Gasteiger partial charge in [0.1, 0.15) is 5.75 Å². The summed E-state index contributed by atoms with van der Waals surface area (Å²) >= 11 is 3.47. The van der Waals surface area contributed by atoms with Gasteiger partial charge in [0.25, 0.3) is 5.56 Å². The first-order valence-electron chi connectivity index (χ1n) is 11.6. The number of hydrogen-bond donors (Lipinski definition) is 0. The van der Waals surface area contributed by atoms with Crippen LogP contribution in [0.1, 0.15) is 27.0 Å². The molecule has 0 N–H and O–H groups in total.